The third-order valence-corrected chi connectivity index (χ3v) is 10.4. The number of rotatable bonds is 7. The van der Waals surface area contributed by atoms with Crippen LogP contribution in [-0.4, -0.2) is 11.6 Å². The van der Waals surface area contributed by atoms with Crippen LogP contribution in [-0.2, 0) is 16.0 Å². The van der Waals surface area contributed by atoms with Crippen molar-refractivity contribution in [1.29, 1.82) is 0 Å². The largest absolute Gasteiger partial charge is 0.445 e. The van der Waals surface area contributed by atoms with E-state index in [9.17, 15) is 4.79 Å². The zero-order chi connectivity index (χ0) is 23.6. The van der Waals surface area contributed by atoms with E-state index in [1.807, 2.05) is 0 Å². The molecule has 182 valence electrons. The Kier molecular flexibility index (Phi) is 6.92. The number of aryl methyl sites for hydroxylation is 1. The second-order valence-electron chi connectivity index (χ2n) is 11.9. The van der Waals surface area contributed by atoms with E-state index in [1.54, 1.807) is 0 Å². The van der Waals surface area contributed by atoms with Crippen LogP contribution in [0.1, 0.15) is 89.5 Å². The quantitative estimate of drug-likeness (QED) is 0.183. The third kappa shape index (κ3) is 4.25. The molecule has 0 aliphatic heterocycles. The van der Waals surface area contributed by atoms with Gasteiger partial charge in [0.15, 0.2) is 5.60 Å². The molecule has 1 aromatic rings. The van der Waals surface area contributed by atoms with Crippen LogP contribution in [0.15, 0.2) is 42.5 Å². The number of hydrogen-bond acceptors (Lipinski definition) is 2. The zero-order valence-corrected chi connectivity index (χ0v) is 21.0. The predicted octanol–water partition coefficient (Wildman–Crippen LogP) is 7.52. The number of fused-ring (bicyclic) bond motifs is 5. The van der Waals surface area contributed by atoms with Crippen molar-refractivity contribution in [2.75, 3.05) is 0 Å². The first kappa shape index (κ1) is 23.7. The summed E-state index contributed by atoms with van der Waals surface area (Å²) in [5, 5.41) is 0. The van der Waals surface area contributed by atoms with Crippen molar-refractivity contribution in [3.8, 4) is 12.3 Å². The maximum absolute atomic E-state index is 13.0. The molecule has 7 atom stereocenters. The monoisotopic (exact) mass is 458 g/mol. The lowest BCUT2D eigenvalue weighted by molar-refractivity contribution is -0.171. The molecule has 0 amide bonds. The summed E-state index contributed by atoms with van der Waals surface area (Å²) >= 11 is 0. The van der Waals surface area contributed by atoms with Crippen molar-refractivity contribution in [1.82, 2.24) is 0 Å². The fraction of sp³-hybridized carbons (Fsp3) is 0.656. The molecule has 2 heteroatoms. The maximum atomic E-state index is 13.0. The number of esters is 1. The lowest BCUT2D eigenvalue weighted by atomic mass is 9.49. The Morgan fingerprint density at radius 2 is 1.79 bits per heavy atom. The number of unbranched alkanes of at least 4 members (excludes halogenated alkanes) is 2. The van der Waals surface area contributed by atoms with Gasteiger partial charge in [0.05, 0.1) is 0 Å². The number of hydrogen-bond donors (Lipinski definition) is 0. The summed E-state index contributed by atoms with van der Waals surface area (Å²) in [6, 6.07) is 10.6. The first-order chi connectivity index (χ1) is 16.6. The van der Waals surface area contributed by atoms with Crippen molar-refractivity contribution < 1.29 is 9.53 Å². The van der Waals surface area contributed by atoms with E-state index in [0.29, 0.717) is 12.3 Å². The Morgan fingerprint density at radius 1 is 0.971 bits per heavy atom. The summed E-state index contributed by atoms with van der Waals surface area (Å²) in [6.45, 7) is 2.36. The standard InChI is InChI=1S/C32H42O2/c1-3-32(34-30(33)17-9-5-8-14-24-12-6-4-7-13-24)23-21-29-28-19-18-25-15-10-11-16-26(25)27(28)20-22-31(29,32)2/h1,4,6-7,10-13,25-29H,5,8-9,14-23H2,2H3/t25?,26-,27+,28+,29-,31-,32-/m0/s1. The van der Waals surface area contributed by atoms with Gasteiger partial charge in [0.25, 0.3) is 0 Å². The first-order valence-electron chi connectivity index (χ1n) is 13.9. The van der Waals surface area contributed by atoms with E-state index < -0.39 is 5.60 Å². The van der Waals surface area contributed by atoms with Crippen LogP contribution in [0.25, 0.3) is 0 Å². The van der Waals surface area contributed by atoms with E-state index >= 15 is 0 Å². The second kappa shape index (κ2) is 9.93. The van der Waals surface area contributed by atoms with Crippen molar-refractivity contribution in [3.63, 3.8) is 0 Å². The van der Waals surface area contributed by atoms with Gasteiger partial charge in [0, 0.05) is 11.8 Å². The number of ether oxygens (including phenoxy) is 1. The average molecular weight is 459 g/mol. The smallest absolute Gasteiger partial charge is 0.307 e. The van der Waals surface area contributed by atoms with Gasteiger partial charge in [-0.1, -0.05) is 61.7 Å². The SMILES string of the molecule is C#C[C@]1(OC(=O)CCCCCc2ccccc2)CC[C@H]2[C@@H]3CCC4CC=CC[C@@H]4[C@H]3CC[C@@]21C. The molecule has 0 heterocycles. The summed E-state index contributed by atoms with van der Waals surface area (Å²) < 4.78 is 6.29. The predicted molar refractivity (Wildman–Crippen MR) is 138 cm³/mol. The number of benzene rings is 1. The lowest BCUT2D eigenvalue weighted by Gasteiger charge is -2.56. The Hall–Kier alpha value is -2.01. The highest BCUT2D eigenvalue weighted by Gasteiger charge is 2.64. The molecule has 5 rings (SSSR count). The molecule has 1 aromatic carbocycles. The summed E-state index contributed by atoms with van der Waals surface area (Å²) in [5.41, 5.74) is 0.603. The maximum Gasteiger partial charge on any atom is 0.307 e. The minimum absolute atomic E-state index is 0.0662. The van der Waals surface area contributed by atoms with Gasteiger partial charge in [-0.2, -0.15) is 0 Å². The van der Waals surface area contributed by atoms with Gasteiger partial charge in [-0.15, -0.1) is 6.42 Å². The topological polar surface area (TPSA) is 26.3 Å². The highest BCUT2D eigenvalue weighted by Crippen LogP contribution is 2.65. The van der Waals surface area contributed by atoms with Crippen LogP contribution < -0.4 is 0 Å². The van der Waals surface area contributed by atoms with Crippen molar-refractivity contribution in [2.45, 2.75) is 96.0 Å². The fourth-order valence-corrected chi connectivity index (χ4v) is 8.52. The van der Waals surface area contributed by atoms with Crippen LogP contribution in [0.5, 0.6) is 0 Å². The normalized spacial score (nSPS) is 38.3. The molecule has 2 nitrogen and oxygen atoms in total. The molecule has 0 radical (unpaired) electrons. The van der Waals surface area contributed by atoms with Crippen LogP contribution in [0.2, 0.25) is 0 Å². The molecular formula is C32H42O2. The van der Waals surface area contributed by atoms with Gasteiger partial charge in [-0.3, -0.25) is 4.79 Å². The molecular weight excluding hydrogens is 416 g/mol. The summed E-state index contributed by atoms with van der Waals surface area (Å²) in [5.74, 6) is 6.96. The van der Waals surface area contributed by atoms with Crippen molar-refractivity contribution >= 4 is 5.97 Å². The minimum Gasteiger partial charge on any atom is -0.445 e. The molecule has 4 aliphatic rings. The van der Waals surface area contributed by atoms with Gasteiger partial charge < -0.3 is 4.74 Å². The molecule has 0 saturated heterocycles. The number of terminal acetylenes is 1. The fourth-order valence-electron chi connectivity index (χ4n) is 8.52. The lowest BCUT2D eigenvalue weighted by Crippen LogP contribution is -2.54. The molecule has 0 bridgehead atoms. The number of allylic oxidation sites excluding steroid dienone is 2. The molecule has 34 heavy (non-hydrogen) atoms. The van der Waals surface area contributed by atoms with E-state index in [1.165, 1.54) is 37.7 Å². The van der Waals surface area contributed by atoms with Gasteiger partial charge in [-0.05, 0) is 106 Å². The average Bonchev–Trinajstić information content (AvgIpc) is 3.16. The van der Waals surface area contributed by atoms with Crippen LogP contribution >= 0.6 is 0 Å². The van der Waals surface area contributed by atoms with E-state index in [4.69, 9.17) is 11.2 Å². The highest BCUT2D eigenvalue weighted by molar-refractivity contribution is 5.70. The van der Waals surface area contributed by atoms with Crippen LogP contribution in [0.4, 0.5) is 0 Å². The molecule has 3 fully saturated rings. The Balaban J connectivity index is 1.17. The van der Waals surface area contributed by atoms with Gasteiger partial charge in [0.1, 0.15) is 0 Å². The van der Waals surface area contributed by atoms with E-state index in [2.05, 4.69) is 55.3 Å². The minimum atomic E-state index is -0.701. The van der Waals surface area contributed by atoms with E-state index in [0.717, 1.165) is 68.6 Å². The van der Waals surface area contributed by atoms with Gasteiger partial charge in [-0.25, -0.2) is 0 Å². The van der Waals surface area contributed by atoms with Gasteiger partial charge >= 0.3 is 5.97 Å². The van der Waals surface area contributed by atoms with Crippen LogP contribution in [0.3, 0.4) is 0 Å². The molecule has 0 spiro atoms. The van der Waals surface area contributed by atoms with E-state index in [-0.39, 0.29) is 11.4 Å². The highest BCUT2D eigenvalue weighted by atomic mass is 16.6. The third-order valence-electron chi connectivity index (χ3n) is 10.4. The number of carbonyl (C=O) groups excluding carboxylic acids is 1. The van der Waals surface area contributed by atoms with Crippen molar-refractivity contribution in [3.05, 3.63) is 48.0 Å². The van der Waals surface area contributed by atoms with Crippen molar-refractivity contribution in [2.24, 2.45) is 35.0 Å². The Labute approximate surface area is 206 Å². The number of carbonyl (C=O) groups is 1. The summed E-state index contributed by atoms with van der Waals surface area (Å²) in [6.07, 6.45) is 25.2. The molecule has 0 N–H and O–H groups in total. The first-order valence-corrected chi connectivity index (χ1v) is 13.9. The molecule has 1 unspecified atom stereocenters. The van der Waals surface area contributed by atoms with Crippen LogP contribution in [0, 0.1) is 47.3 Å². The Bertz CT molecular complexity index is 926. The summed E-state index contributed by atoms with van der Waals surface area (Å²) in [4.78, 5) is 13.0. The zero-order valence-electron chi connectivity index (χ0n) is 21.0. The molecule has 3 saturated carbocycles. The molecule has 4 aliphatic carbocycles. The summed E-state index contributed by atoms with van der Waals surface area (Å²) in [7, 11) is 0. The molecule has 0 aromatic heterocycles. The van der Waals surface area contributed by atoms with Gasteiger partial charge in [0.2, 0.25) is 0 Å². The second-order valence-corrected chi connectivity index (χ2v) is 11.9. The Morgan fingerprint density at radius 3 is 2.62 bits per heavy atom.